The summed E-state index contributed by atoms with van der Waals surface area (Å²) in [5.41, 5.74) is 0.461. The van der Waals surface area contributed by atoms with Crippen molar-refractivity contribution in [1.29, 1.82) is 0 Å². The molecular formula is C13H15Cl2FN2S. The molecule has 0 fully saturated rings. The van der Waals surface area contributed by atoms with Crippen LogP contribution in [-0.4, -0.2) is 16.5 Å². The number of nitrogens with one attached hydrogen (secondary N) is 1. The van der Waals surface area contributed by atoms with Crippen LogP contribution in [0.3, 0.4) is 0 Å². The average molecular weight is 321 g/mol. The molecule has 19 heavy (non-hydrogen) atoms. The molecule has 0 saturated heterocycles. The molecule has 0 bridgehead atoms. The fourth-order valence-corrected chi connectivity index (χ4v) is 3.54. The zero-order chi connectivity index (χ0) is 14.0. The average Bonchev–Trinajstić information content (AvgIpc) is 2.34. The van der Waals surface area contributed by atoms with Crippen molar-refractivity contribution in [2.45, 2.75) is 32.2 Å². The van der Waals surface area contributed by atoms with E-state index in [9.17, 15) is 4.39 Å². The molecule has 0 spiro atoms. The van der Waals surface area contributed by atoms with Crippen LogP contribution in [0.4, 0.5) is 10.1 Å². The molecule has 1 aromatic rings. The molecular weight excluding hydrogens is 306 g/mol. The van der Waals surface area contributed by atoms with Gasteiger partial charge < -0.3 is 5.32 Å². The molecule has 1 N–H and O–H groups in total. The summed E-state index contributed by atoms with van der Waals surface area (Å²) in [6, 6.07) is 2.48. The van der Waals surface area contributed by atoms with Crippen LogP contribution in [0.25, 0.3) is 0 Å². The van der Waals surface area contributed by atoms with E-state index in [0.29, 0.717) is 5.69 Å². The second-order valence-corrected chi connectivity index (χ2v) is 6.63. The van der Waals surface area contributed by atoms with E-state index in [-0.39, 0.29) is 15.6 Å². The first-order valence-electron chi connectivity index (χ1n) is 6.08. The van der Waals surface area contributed by atoms with Crippen molar-refractivity contribution >= 4 is 45.8 Å². The van der Waals surface area contributed by atoms with Gasteiger partial charge in [0.2, 0.25) is 0 Å². The number of rotatable bonds is 2. The number of nitrogens with zero attached hydrogens (tertiary/aromatic N) is 1. The van der Waals surface area contributed by atoms with Gasteiger partial charge in [-0.1, -0.05) is 41.9 Å². The van der Waals surface area contributed by atoms with Gasteiger partial charge in [0.15, 0.2) is 5.17 Å². The Labute approximate surface area is 126 Å². The van der Waals surface area contributed by atoms with Crippen LogP contribution in [0.15, 0.2) is 17.1 Å². The summed E-state index contributed by atoms with van der Waals surface area (Å²) in [7, 11) is 0. The van der Waals surface area contributed by atoms with Gasteiger partial charge in [0.05, 0.1) is 21.3 Å². The fourth-order valence-electron chi connectivity index (χ4n) is 1.79. The first-order valence-corrected chi connectivity index (χ1v) is 7.82. The highest BCUT2D eigenvalue weighted by molar-refractivity contribution is 8.14. The molecule has 1 aliphatic heterocycles. The molecule has 0 aliphatic carbocycles. The summed E-state index contributed by atoms with van der Waals surface area (Å²) >= 11 is 13.6. The van der Waals surface area contributed by atoms with Gasteiger partial charge in [-0.05, 0) is 31.9 Å². The quantitative estimate of drug-likeness (QED) is 0.809. The molecule has 104 valence electrons. The summed E-state index contributed by atoms with van der Waals surface area (Å²) in [4.78, 5) is 4.69. The van der Waals surface area contributed by atoms with Crippen LogP contribution in [0.2, 0.25) is 10.0 Å². The fraction of sp³-hybridized carbons (Fsp3) is 0.462. The minimum atomic E-state index is -0.447. The van der Waals surface area contributed by atoms with E-state index in [1.807, 2.05) is 0 Å². The maximum absolute atomic E-state index is 13.1. The largest absolute Gasteiger partial charge is 0.333 e. The van der Waals surface area contributed by atoms with E-state index in [0.717, 1.165) is 23.8 Å². The summed E-state index contributed by atoms with van der Waals surface area (Å²) in [5.74, 6) is 0.546. The molecule has 6 heteroatoms. The number of thioether (sulfide) groups is 1. The van der Waals surface area contributed by atoms with Crippen LogP contribution in [-0.2, 0) is 0 Å². The Hall–Kier alpha value is -0.450. The highest BCUT2D eigenvalue weighted by Crippen LogP contribution is 2.35. The number of amidine groups is 1. The van der Waals surface area contributed by atoms with Gasteiger partial charge in [0.1, 0.15) is 5.82 Å². The second kappa shape index (κ2) is 5.90. The van der Waals surface area contributed by atoms with Gasteiger partial charge in [-0.2, -0.15) is 0 Å². The number of aliphatic imine (C=N–C) groups is 1. The third-order valence-electron chi connectivity index (χ3n) is 3.25. The lowest BCUT2D eigenvalue weighted by molar-refractivity contribution is 0.443. The van der Waals surface area contributed by atoms with E-state index in [2.05, 4.69) is 24.2 Å². The molecule has 1 aromatic carbocycles. The molecule has 1 aliphatic rings. The predicted octanol–water partition coefficient (Wildman–Crippen LogP) is 5.21. The summed E-state index contributed by atoms with van der Waals surface area (Å²) in [6.45, 7) is 4.25. The van der Waals surface area contributed by atoms with Gasteiger partial charge in [0, 0.05) is 5.75 Å². The number of halogens is 3. The molecule has 1 atom stereocenters. The second-order valence-electron chi connectivity index (χ2n) is 4.74. The van der Waals surface area contributed by atoms with Gasteiger partial charge >= 0.3 is 0 Å². The first kappa shape index (κ1) is 14.9. The van der Waals surface area contributed by atoms with E-state index >= 15 is 0 Å². The van der Waals surface area contributed by atoms with Crippen molar-refractivity contribution in [2.75, 3.05) is 11.1 Å². The molecule has 0 amide bonds. The van der Waals surface area contributed by atoms with E-state index in [1.165, 1.54) is 12.1 Å². The van der Waals surface area contributed by atoms with Crippen LogP contribution >= 0.6 is 35.0 Å². The first-order chi connectivity index (χ1) is 8.93. The predicted molar refractivity (Wildman–Crippen MR) is 83.2 cm³/mol. The molecule has 1 unspecified atom stereocenters. The van der Waals surface area contributed by atoms with Gasteiger partial charge in [-0.3, -0.25) is 4.99 Å². The third-order valence-corrected chi connectivity index (χ3v) is 4.72. The van der Waals surface area contributed by atoms with Gasteiger partial charge in [-0.15, -0.1) is 0 Å². The lowest BCUT2D eigenvalue weighted by atomic mass is 9.97. The maximum Gasteiger partial charge on any atom is 0.161 e. The van der Waals surface area contributed by atoms with Crippen LogP contribution in [0, 0.1) is 5.82 Å². The highest BCUT2D eigenvalue weighted by Gasteiger charge is 2.26. The van der Waals surface area contributed by atoms with E-state index in [1.54, 1.807) is 11.8 Å². The minimum absolute atomic E-state index is 0.0490. The Morgan fingerprint density at radius 1 is 1.42 bits per heavy atom. The Morgan fingerprint density at radius 2 is 2.05 bits per heavy atom. The SMILES string of the molecule is CCC1(C)CCSC(Nc2c(Cl)cc(F)cc2Cl)=N1. The Morgan fingerprint density at radius 3 is 2.63 bits per heavy atom. The summed E-state index contributed by atoms with van der Waals surface area (Å²) < 4.78 is 13.1. The Kier molecular flexibility index (Phi) is 4.64. The monoisotopic (exact) mass is 320 g/mol. The maximum atomic E-state index is 13.1. The summed E-state index contributed by atoms with van der Waals surface area (Å²) in [5, 5.41) is 4.42. The number of hydrogen-bond acceptors (Lipinski definition) is 3. The number of anilines is 1. The zero-order valence-corrected chi connectivity index (χ0v) is 13.1. The smallest absolute Gasteiger partial charge is 0.161 e. The van der Waals surface area contributed by atoms with Crippen molar-refractivity contribution in [3.8, 4) is 0 Å². The molecule has 0 radical (unpaired) electrons. The standard InChI is InChI=1S/C13H15Cl2FN2S/c1-3-13(2)4-5-19-12(18-13)17-11-9(14)6-8(16)7-10(11)15/h6-7H,3-5H2,1-2H3,(H,17,18). The van der Waals surface area contributed by atoms with Crippen molar-refractivity contribution < 1.29 is 4.39 Å². The van der Waals surface area contributed by atoms with Crippen molar-refractivity contribution in [3.05, 3.63) is 28.0 Å². The number of benzene rings is 1. The van der Waals surface area contributed by atoms with E-state index < -0.39 is 5.82 Å². The van der Waals surface area contributed by atoms with Crippen LogP contribution in [0.5, 0.6) is 0 Å². The summed E-state index contributed by atoms with van der Waals surface area (Å²) in [6.07, 6.45) is 2.02. The molecule has 0 saturated carbocycles. The molecule has 1 heterocycles. The lowest BCUT2D eigenvalue weighted by Gasteiger charge is -2.29. The topological polar surface area (TPSA) is 24.4 Å². The number of hydrogen-bond donors (Lipinski definition) is 1. The lowest BCUT2D eigenvalue weighted by Crippen LogP contribution is -2.29. The van der Waals surface area contributed by atoms with E-state index in [4.69, 9.17) is 23.2 Å². The van der Waals surface area contributed by atoms with Crippen LogP contribution in [0.1, 0.15) is 26.7 Å². The molecule has 2 nitrogen and oxygen atoms in total. The molecule has 0 aromatic heterocycles. The molecule has 2 rings (SSSR count). The van der Waals surface area contributed by atoms with Gasteiger partial charge in [0.25, 0.3) is 0 Å². The van der Waals surface area contributed by atoms with Crippen LogP contribution < -0.4 is 5.32 Å². The normalized spacial score (nSPS) is 23.1. The van der Waals surface area contributed by atoms with Crippen molar-refractivity contribution in [2.24, 2.45) is 4.99 Å². The minimum Gasteiger partial charge on any atom is -0.333 e. The van der Waals surface area contributed by atoms with Crippen molar-refractivity contribution in [1.82, 2.24) is 0 Å². The Balaban J connectivity index is 2.27. The van der Waals surface area contributed by atoms with Crippen molar-refractivity contribution in [3.63, 3.8) is 0 Å². The third kappa shape index (κ3) is 3.56. The Bertz CT molecular complexity index is 498. The zero-order valence-electron chi connectivity index (χ0n) is 10.8. The highest BCUT2D eigenvalue weighted by atomic mass is 35.5. The van der Waals surface area contributed by atoms with Gasteiger partial charge in [-0.25, -0.2) is 4.39 Å².